The van der Waals surface area contributed by atoms with Gasteiger partial charge in [0.15, 0.2) is 0 Å². The van der Waals surface area contributed by atoms with Gasteiger partial charge in [0.2, 0.25) is 0 Å². The highest BCUT2D eigenvalue weighted by Gasteiger charge is 2.03. The van der Waals surface area contributed by atoms with Crippen LogP contribution in [-0.4, -0.2) is 9.97 Å². The Hall–Kier alpha value is -1.18. The topological polar surface area (TPSA) is 25.8 Å². The van der Waals surface area contributed by atoms with Gasteiger partial charge < -0.3 is 0 Å². The van der Waals surface area contributed by atoms with Crippen molar-refractivity contribution in [2.45, 2.75) is 12.8 Å². The van der Waals surface area contributed by atoms with E-state index in [-0.39, 0.29) is 0 Å². The molecule has 2 nitrogen and oxygen atoms in total. The van der Waals surface area contributed by atoms with Gasteiger partial charge in [-0.2, -0.15) is 0 Å². The molecule has 1 aliphatic rings. The highest BCUT2D eigenvalue weighted by atomic mass is 14.8. The molecule has 0 atom stereocenters. The van der Waals surface area contributed by atoms with Gasteiger partial charge in [0.1, 0.15) is 6.33 Å². The lowest BCUT2D eigenvalue weighted by atomic mass is 10.0. The van der Waals surface area contributed by atoms with Crippen LogP contribution in [-0.2, 0) is 12.8 Å². The molecule has 0 amide bonds. The van der Waals surface area contributed by atoms with E-state index in [1.807, 2.05) is 6.20 Å². The fourth-order valence-corrected chi connectivity index (χ4v) is 1.14. The van der Waals surface area contributed by atoms with E-state index in [1.165, 1.54) is 11.3 Å². The fraction of sp³-hybridized carbons (Fsp3) is 0.250. The smallest absolute Gasteiger partial charge is 0.115 e. The number of hydrogen-bond acceptors (Lipinski definition) is 2. The van der Waals surface area contributed by atoms with Crippen molar-refractivity contribution < 1.29 is 0 Å². The molecule has 0 fully saturated rings. The van der Waals surface area contributed by atoms with Gasteiger partial charge >= 0.3 is 0 Å². The highest BCUT2D eigenvalue weighted by Crippen LogP contribution is 2.10. The van der Waals surface area contributed by atoms with E-state index in [4.69, 9.17) is 0 Å². The van der Waals surface area contributed by atoms with E-state index < -0.39 is 0 Å². The van der Waals surface area contributed by atoms with Gasteiger partial charge in [-0.15, -0.1) is 0 Å². The fourth-order valence-electron chi connectivity index (χ4n) is 1.14. The molecule has 0 radical (unpaired) electrons. The average molecular weight is 132 g/mol. The van der Waals surface area contributed by atoms with Crippen LogP contribution in [0.2, 0.25) is 0 Å². The van der Waals surface area contributed by atoms with E-state index in [9.17, 15) is 0 Å². The van der Waals surface area contributed by atoms with Crippen LogP contribution >= 0.6 is 0 Å². The highest BCUT2D eigenvalue weighted by molar-refractivity contribution is 5.24. The van der Waals surface area contributed by atoms with E-state index in [0.29, 0.717) is 0 Å². The molecule has 0 bridgehead atoms. The second kappa shape index (κ2) is 2.21. The van der Waals surface area contributed by atoms with E-state index in [2.05, 4.69) is 22.1 Å². The minimum absolute atomic E-state index is 0.970. The van der Waals surface area contributed by atoms with Crippen LogP contribution in [0.4, 0.5) is 0 Å². The number of fused-ring (bicyclic) bond motifs is 1. The Morgan fingerprint density at radius 1 is 1.20 bits per heavy atom. The molecular weight excluding hydrogens is 124 g/mol. The van der Waals surface area contributed by atoms with Crippen molar-refractivity contribution in [3.8, 4) is 0 Å². The first-order valence-corrected chi connectivity index (χ1v) is 3.39. The minimum atomic E-state index is 0.970. The summed E-state index contributed by atoms with van der Waals surface area (Å²) >= 11 is 0. The maximum atomic E-state index is 4.16. The third kappa shape index (κ3) is 0.817. The summed E-state index contributed by atoms with van der Waals surface area (Å²) in [6.07, 6.45) is 9.78. The number of allylic oxidation sites excluding steroid dienone is 2. The predicted molar refractivity (Wildman–Crippen MR) is 38.6 cm³/mol. The molecule has 1 aromatic rings. The van der Waals surface area contributed by atoms with Crippen molar-refractivity contribution in [3.63, 3.8) is 0 Å². The monoisotopic (exact) mass is 132 g/mol. The molecular formula is C8H8N2. The number of aromatic nitrogens is 2. The SMILES string of the molecule is C1=CCc2ncncc2C1. The molecule has 0 aliphatic heterocycles. The molecule has 2 rings (SSSR count). The van der Waals surface area contributed by atoms with E-state index in [0.717, 1.165) is 12.8 Å². The zero-order valence-corrected chi connectivity index (χ0v) is 5.62. The zero-order valence-electron chi connectivity index (χ0n) is 5.62. The second-order valence-corrected chi connectivity index (χ2v) is 2.37. The average Bonchev–Trinajstić information content (AvgIpc) is 2.05. The van der Waals surface area contributed by atoms with Gasteiger partial charge in [-0.25, -0.2) is 9.97 Å². The Morgan fingerprint density at radius 2 is 2.10 bits per heavy atom. The van der Waals surface area contributed by atoms with Gasteiger partial charge in [0.25, 0.3) is 0 Å². The van der Waals surface area contributed by atoms with Crippen LogP contribution in [0.25, 0.3) is 0 Å². The molecule has 50 valence electrons. The summed E-state index contributed by atoms with van der Waals surface area (Å²) in [5.41, 5.74) is 2.45. The Balaban J connectivity index is 2.47. The van der Waals surface area contributed by atoms with Crippen LogP contribution in [0.3, 0.4) is 0 Å². The number of nitrogens with zero attached hydrogens (tertiary/aromatic N) is 2. The Bertz CT molecular complexity index is 239. The third-order valence-electron chi connectivity index (χ3n) is 1.70. The van der Waals surface area contributed by atoms with Gasteiger partial charge in [0, 0.05) is 12.6 Å². The van der Waals surface area contributed by atoms with Gasteiger partial charge in [-0.3, -0.25) is 0 Å². The van der Waals surface area contributed by atoms with Crippen molar-refractivity contribution in [3.05, 3.63) is 35.9 Å². The first kappa shape index (κ1) is 5.59. The molecule has 0 saturated carbocycles. The molecule has 2 heteroatoms. The molecule has 0 spiro atoms. The van der Waals surface area contributed by atoms with Crippen LogP contribution in [0.1, 0.15) is 11.3 Å². The summed E-state index contributed by atoms with van der Waals surface area (Å²) in [5, 5.41) is 0. The standard InChI is InChI=1S/C8H8N2/c1-2-4-8-7(3-1)5-9-6-10-8/h1-2,5-6H,3-4H2. The van der Waals surface area contributed by atoms with Crippen molar-refractivity contribution in [2.75, 3.05) is 0 Å². The Kier molecular flexibility index (Phi) is 1.24. The van der Waals surface area contributed by atoms with Crippen LogP contribution in [0, 0.1) is 0 Å². The van der Waals surface area contributed by atoms with Crippen molar-refractivity contribution in [1.29, 1.82) is 0 Å². The molecule has 1 heterocycles. The molecule has 1 aliphatic carbocycles. The summed E-state index contributed by atoms with van der Waals surface area (Å²) in [7, 11) is 0. The molecule has 0 aromatic carbocycles. The summed E-state index contributed by atoms with van der Waals surface area (Å²) < 4.78 is 0. The second-order valence-electron chi connectivity index (χ2n) is 2.37. The normalized spacial score (nSPS) is 14.8. The van der Waals surface area contributed by atoms with Crippen molar-refractivity contribution in [2.24, 2.45) is 0 Å². The quantitative estimate of drug-likeness (QED) is 0.494. The lowest BCUT2D eigenvalue weighted by Crippen LogP contribution is -2.00. The summed E-state index contributed by atoms with van der Waals surface area (Å²) in [5.74, 6) is 0. The Morgan fingerprint density at radius 3 is 3.00 bits per heavy atom. The molecule has 10 heavy (non-hydrogen) atoms. The van der Waals surface area contributed by atoms with E-state index >= 15 is 0 Å². The van der Waals surface area contributed by atoms with Gasteiger partial charge in [-0.05, 0) is 12.0 Å². The third-order valence-corrected chi connectivity index (χ3v) is 1.70. The van der Waals surface area contributed by atoms with Crippen molar-refractivity contribution in [1.82, 2.24) is 9.97 Å². The molecule has 0 saturated heterocycles. The lowest BCUT2D eigenvalue weighted by molar-refractivity contribution is 0.960. The van der Waals surface area contributed by atoms with Gasteiger partial charge in [0.05, 0.1) is 5.69 Å². The number of hydrogen-bond donors (Lipinski definition) is 0. The van der Waals surface area contributed by atoms with Crippen LogP contribution in [0.15, 0.2) is 24.7 Å². The maximum Gasteiger partial charge on any atom is 0.115 e. The molecule has 0 unspecified atom stereocenters. The first-order chi connectivity index (χ1) is 4.97. The van der Waals surface area contributed by atoms with Crippen LogP contribution < -0.4 is 0 Å². The summed E-state index contributed by atoms with van der Waals surface area (Å²) in [6.45, 7) is 0. The summed E-state index contributed by atoms with van der Waals surface area (Å²) in [6, 6.07) is 0. The minimum Gasteiger partial charge on any atom is -0.245 e. The van der Waals surface area contributed by atoms with Gasteiger partial charge in [-0.1, -0.05) is 12.2 Å². The lowest BCUT2D eigenvalue weighted by Gasteiger charge is -2.06. The molecule has 0 N–H and O–H groups in total. The van der Waals surface area contributed by atoms with Crippen molar-refractivity contribution >= 4 is 0 Å². The maximum absolute atomic E-state index is 4.16. The molecule has 1 aromatic heterocycles. The largest absolute Gasteiger partial charge is 0.245 e. The first-order valence-electron chi connectivity index (χ1n) is 3.39. The van der Waals surface area contributed by atoms with Crippen LogP contribution in [0.5, 0.6) is 0 Å². The van der Waals surface area contributed by atoms with E-state index in [1.54, 1.807) is 6.33 Å². The summed E-state index contributed by atoms with van der Waals surface area (Å²) in [4.78, 5) is 8.11. The predicted octanol–water partition coefficient (Wildman–Crippen LogP) is 1.13. The number of rotatable bonds is 0. The Labute approximate surface area is 59.6 Å². The zero-order chi connectivity index (χ0) is 6.81.